The van der Waals surface area contributed by atoms with Crippen molar-refractivity contribution in [3.8, 4) is 0 Å². The zero-order chi connectivity index (χ0) is 23.7. The predicted octanol–water partition coefficient (Wildman–Crippen LogP) is 3.40. The summed E-state index contributed by atoms with van der Waals surface area (Å²) in [7, 11) is 0. The van der Waals surface area contributed by atoms with Crippen LogP contribution in [0.2, 0.25) is 0 Å². The van der Waals surface area contributed by atoms with Crippen molar-refractivity contribution in [2.45, 2.75) is 89.4 Å². The number of benzene rings is 1. The van der Waals surface area contributed by atoms with E-state index >= 15 is 0 Å². The molecular weight excluding hydrogens is 432 g/mol. The van der Waals surface area contributed by atoms with Gasteiger partial charge in [-0.25, -0.2) is 0 Å². The Balaban J connectivity index is 1.42. The van der Waals surface area contributed by atoms with Crippen LogP contribution in [0.4, 0.5) is 11.4 Å². The SMILES string of the molecule is O=C1CC(=O)N(c2ccc(N3C(=O)CC(=O)N4CCCCCC43)cc2)C2CCCCCCCN12. The summed E-state index contributed by atoms with van der Waals surface area (Å²) in [5, 5.41) is 0. The summed E-state index contributed by atoms with van der Waals surface area (Å²) in [5.74, 6) is -0.466. The van der Waals surface area contributed by atoms with Crippen LogP contribution in [-0.4, -0.2) is 58.8 Å². The quantitative estimate of drug-likeness (QED) is 0.626. The lowest BCUT2D eigenvalue weighted by atomic mass is 10.1. The number of hydrogen-bond acceptors (Lipinski definition) is 4. The first-order valence-electron chi connectivity index (χ1n) is 12.9. The monoisotopic (exact) mass is 466 g/mol. The standard InChI is InChI=1S/C26H34N4O4/c31-23-17-25(33)29(21-9-5-2-1-3-7-15-27(21)23)19-11-13-20(14-12-19)30-22-10-6-4-8-16-28(22)24(32)18-26(30)34/h11-14,21-22H,1-10,15-18H2. The first kappa shape index (κ1) is 22.9. The van der Waals surface area contributed by atoms with Crippen molar-refractivity contribution in [2.75, 3.05) is 22.9 Å². The second-order valence-electron chi connectivity index (χ2n) is 9.94. The summed E-state index contributed by atoms with van der Waals surface area (Å²) < 4.78 is 0. The van der Waals surface area contributed by atoms with Gasteiger partial charge in [0.25, 0.3) is 0 Å². The minimum Gasteiger partial charge on any atom is -0.321 e. The molecule has 2 atom stereocenters. The normalized spacial score (nSPS) is 26.9. The third kappa shape index (κ3) is 4.30. The third-order valence-electron chi connectivity index (χ3n) is 7.73. The highest BCUT2D eigenvalue weighted by Gasteiger charge is 2.41. The highest BCUT2D eigenvalue weighted by molar-refractivity contribution is 6.09. The number of amides is 4. The van der Waals surface area contributed by atoms with Gasteiger partial charge in [0.2, 0.25) is 23.6 Å². The largest absolute Gasteiger partial charge is 0.321 e. The molecule has 4 fully saturated rings. The topological polar surface area (TPSA) is 81.2 Å². The fourth-order valence-electron chi connectivity index (χ4n) is 6.02. The van der Waals surface area contributed by atoms with Crippen LogP contribution in [0.1, 0.15) is 77.0 Å². The summed E-state index contributed by atoms with van der Waals surface area (Å²) in [5.41, 5.74) is 1.51. The Morgan fingerprint density at radius 1 is 0.500 bits per heavy atom. The van der Waals surface area contributed by atoms with Gasteiger partial charge in [-0.2, -0.15) is 0 Å². The van der Waals surface area contributed by atoms with Gasteiger partial charge in [0.1, 0.15) is 25.2 Å². The first-order valence-corrected chi connectivity index (χ1v) is 12.9. The molecule has 0 spiro atoms. The molecule has 8 nitrogen and oxygen atoms in total. The molecular formula is C26H34N4O4. The van der Waals surface area contributed by atoms with E-state index in [1.165, 1.54) is 6.42 Å². The number of rotatable bonds is 2. The minimum absolute atomic E-state index is 0.0678. The van der Waals surface area contributed by atoms with Gasteiger partial charge >= 0.3 is 0 Å². The van der Waals surface area contributed by atoms with Gasteiger partial charge in [0.15, 0.2) is 0 Å². The lowest BCUT2D eigenvalue weighted by Crippen LogP contribution is -2.59. The molecule has 1 aromatic carbocycles. The summed E-state index contributed by atoms with van der Waals surface area (Å²) in [6, 6.07) is 7.54. The first-order chi connectivity index (χ1) is 16.5. The van der Waals surface area contributed by atoms with E-state index in [0.717, 1.165) is 69.2 Å². The van der Waals surface area contributed by atoms with Gasteiger partial charge in [-0.05, 0) is 62.8 Å². The summed E-state index contributed by atoms with van der Waals surface area (Å²) in [6.07, 6.45) is 9.27. The predicted molar refractivity (Wildman–Crippen MR) is 128 cm³/mol. The fourth-order valence-corrected chi connectivity index (χ4v) is 6.02. The molecule has 4 saturated heterocycles. The van der Waals surface area contributed by atoms with Crippen molar-refractivity contribution in [1.82, 2.24) is 9.80 Å². The van der Waals surface area contributed by atoms with Crippen LogP contribution in [0.25, 0.3) is 0 Å². The molecule has 8 heteroatoms. The van der Waals surface area contributed by atoms with Crippen LogP contribution in [0.5, 0.6) is 0 Å². The van der Waals surface area contributed by atoms with Crippen molar-refractivity contribution in [2.24, 2.45) is 0 Å². The summed E-state index contributed by atoms with van der Waals surface area (Å²) in [6.45, 7) is 1.39. The molecule has 0 aliphatic carbocycles. The van der Waals surface area contributed by atoms with E-state index in [1.54, 1.807) is 9.80 Å². The molecule has 34 heavy (non-hydrogen) atoms. The molecule has 182 valence electrons. The molecule has 1 aromatic rings. The van der Waals surface area contributed by atoms with Crippen molar-refractivity contribution in [1.29, 1.82) is 0 Å². The van der Waals surface area contributed by atoms with Crippen LogP contribution >= 0.6 is 0 Å². The van der Waals surface area contributed by atoms with Crippen LogP contribution in [0.3, 0.4) is 0 Å². The Kier molecular flexibility index (Phi) is 6.57. The van der Waals surface area contributed by atoms with Crippen LogP contribution in [0, 0.1) is 0 Å². The van der Waals surface area contributed by atoms with E-state index in [9.17, 15) is 19.2 Å². The maximum atomic E-state index is 13.0. The van der Waals surface area contributed by atoms with Crippen molar-refractivity contribution in [3.05, 3.63) is 24.3 Å². The number of carbonyl (C=O) groups is 4. The molecule has 0 aromatic heterocycles. The lowest BCUT2D eigenvalue weighted by Gasteiger charge is -2.44. The Labute approximate surface area is 200 Å². The van der Waals surface area contributed by atoms with Gasteiger partial charge < -0.3 is 9.80 Å². The maximum Gasteiger partial charge on any atom is 0.238 e. The van der Waals surface area contributed by atoms with Crippen LogP contribution < -0.4 is 9.80 Å². The number of anilines is 2. The van der Waals surface area contributed by atoms with Crippen LogP contribution in [0.15, 0.2) is 24.3 Å². The zero-order valence-electron chi connectivity index (χ0n) is 19.8. The summed E-state index contributed by atoms with van der Waals surface area (Å²) in [4.78, 5) is 58.4. The number of nitrogens with zero attached hydrogens (tertiary/aromatic N) is 4. The Morgan fingerprint density at radius 3 is 1.35 bits per heavy atom. The smallest absolute Gasteiger partial charge is 0.238 e. The molecule has 4 aliphatic rings. The second kappa shape index (κ2) is 9.76. The Bertz CT molecular complexity index is 962. The Hall–Kier alpha value is -2.90. The van der Waals surface area contributed by atoms with Gasteiger partial charge in [-0.3, -0.25) is 29.0 Å². The highest BCUT2D eigenvalue weighted by atomic mass is 16.2. The van der Waals surface area contributed by atoms with Crippen molar-refractivity contribution >= 4 is 35.0 Å². The molecule has 0 N–H and O–H groups in total. The summed E-state index contributed by atoms with van der Waals surface area (Å²) >= 11 is 0. The van der Waals surface area contributed by atoms with E-state index in [4.69, 9.17) is 0 Å². The molecule has 5 rings (SSSR count). The van der Waals surface area contributed by atoms with E-state index in [2.05, 4.69) is 0 Å². The number of fused-ring (bicyclic) bond motifs is 2. The number of carbonyl (C=O) groups excluding carboxylic acids is 4. The average molecular weight is 467 g/mol. The fraction of sp³-hybridized carbons (Fsp3) is 0.615. The minimum atomic E-state index is -0.246. The van der Waals surface area contributed by atoms with E-state index in [1.807, 2.05) is 34.1 Å². The van der Waals surface area contributed by atoms with Gasteiger partial charge in [-0.15, -0.1) is 0 Å². The zero-order valence-corrected chi connectivity index (χ0v) is 19.8. The third-order valence-corrected chi connectivity index (χ3v) is 7.73. The van der Waals surface area contributed by atoms with Crippen LogP contribution in [-0.2, 0) is 19.2 Å². The molecule has 0 radical (unpaired) electrons. The molecule has 4 amide bonds. The molecule has 0 saturated carbocycles. The second-order valence-corrected chi connectivity index (χ2v) is 9.94. The lowest BCUT2D eigenvalue weighted by molar-refractivity contribution is -0.144. The molecule has 2 unspecified atom stereocenters. The molecule has 0 bridgehead atoms. The van der Waals surface area contributed by atoms with E-state index in [-0.39, 0.29) is 48.8 Å². The molecule has 4 aliphatic heterocycles. The maximum absolute atomic E-state index is 13.0. The van der Waals surface area contributed by atoms with Gasteiger partial charge in [-0.1, -0.05) is 25.7 Å². The number of hydrogen-bond donors (Lipinski definition) is 0. The Morgan fingerprint density at radius 2 is 0.882 bits per heavy atom. The van der Waals surface area contributed by atoms with Crippen molar-refractivity contribution < 1.29 is 19.2 Å². The van der Waals surface area contributed by atoms with E-state index in [0.29, 0.717) is 13.1 Å². The van der Waals surface area contributed by atoms with Gasteiger partial charge in [0, 0.05) is 24.5 Å². The highest BCUT2D eigenvalue weighted by Crippen LogP contribution is 2.34. The van der Waals surface area contributed by atoms with E-state index < -0.39 is 0 Å². The van der Waals surface area contributed by atoms with Gasteiger partial charge in [0.05, 0.1) is 0 Å². The van der Waals surface area contributed by atoms with Crippen molar-refractivity contribution in [3.63, 3.8) is 0 Å². The molecule has 4 heterocycles. The average Bonchev–Trinajstić information content (AvgIpc) is 2.99.